The molecule has 0 amide bonds. The molecule has 1 aromatic carbocycles. The molecule has 100 valence electrons. The highest BCUT2D eigenvalue weighted by molar-refractivity contribution is 7.86. The number of hydrogen-bond acceptors (Lipinski definition) is 5. The number of allylic oxidation sites excluding steroid dienone is 1. The summed E-state index contributed by atoms with van der Waals surface area (Å²) >= 11 is 0. The Balaban J connectivity index is 2.90. The first-order chi connectivity index (χ1) is 9.69. The standard InChI is InChI=1S/C12H16O5S/c1-4-5-8-17-18(13,14)12-7-6-10(15-2)9-11(12)16-3/h4-7,9H,8H2,1-3H3/b5-4+/i1D3. The highest BCUT2D eigenvalue weighted by Crippen LogP contribution is 2.29. The monoisotopic (exact) mass is 275 g/mol. The predicted octanol–water partition coefficient (Wildman–Crippen LogP) is 1.99. The van der Waals surface area contributed by atoms with Crippen molar-refractivity contribution in [2.45, 2.75) is 11.7 Å². The zero-order valence-corrected chi connectivity index (χ0v) is 10.9. The van der Waals surface area contributed by atoms with Crippen LogP contribution in [0.4, 0.5) is 0 Å². The van der Waals surface area contributed by atoms with E-state index in [2.05, 4.69) is 0 Å². The van der Waals surface area contributed by atoms with Crippen LogP contribution in [0.5, 0.6) is 11.5 Å². The third kappa shape index (κ3) is 3.48. The summed E-state index contributed by atoms with van der Waals surface area (Å²) in [5.41, 5.74) is 0. The topological polar surface area (TPSA) is 61.8 Å². The summed E-state index contributed by atoms with van der Waals surface area (Å²) in [5, 5.41) is 0. The Morgan fingerprint density at radius 3 is 2.72 bits per heavy atom. The Bertz CT molecular complexity index is 608. The molecule has 0 saturated heterocycles. The fraction of sp³-hybridized carbons (Fsp3) is 0.333. The Labute approximate surface area is 111 Å². The molecule has 0 atom stereocenters. The molecule has 0 saturated carbocycles. The molecule has 0 unspecified atom stereocenters. The maximum absolute atomic E-state index is 12.0. The van der Waals surface area contributed by atoms with E-state index < -0.39 is 17.0 Å². The van der Waals surface area contributed by atoms with Gasteiger partial charge in [0.2, 0.25) is 0 Å². The van der Waals surface area contributed by atoms with Crippen LogP contribution < -0.4 is 9.47 Å². The minimum atomic E-state index is -4.06. The number of ether oxygens (including phenoxy) is 2. The van der Waals surface area contributed by atoms with Crippen LogP contribution in [0.3, 0.4) is 0 Å². The molecule has 5 nitrogen and oxygen atoms in total. The Morgan fingerprint density at radius 2 is 2.11 bits per heavy atom. The molecule has 0 bridgehead atoms. The van der Waals surface area contributed by atoms with Crippen LogP contribution in [0, 0.1) is 0 Å². The van der Waals surface area contributed by atoms with E-state index >= 15 is 0 Å². The SMILES string of the molecule is [2H]C([2H])([2H])/C=C/COS(=O)(=O)c1ccc(OC)cc1OC. The lowest BCUT2D eigenvalue weighted by Gasteiger charge is -2.10. The zero-order valence-electron chi connectivity index (χ0n) is 13.0. The van der Waals surface area contributed by atoms with Gasteiger partial charge in [0.1, 0.15) is 16.4 Å². The first kappa shape index (κ1) is 10.4. The Morgan fingerprint density at radius 1 is 1.33 bits per heavy atom. The van der Waals surface area contributed by atoms with E-state index in [-0.39, 0.29) is 17.3 Å². The molecule has 0 spiro atoms. The third-order valence-electron chi connectivity index (χ3n) is 2.08. The maximum Gasteiger partial charge on any atom is 0.300 e. The molecule has 1 aromatic rings. The third-order valence-corrected chi connectivity index (χ3v) is 3.40. The molecular weight excluding hydrogens is 256 g/mol. The number of methoxy groups -OCH3 is 2. The molecule has 0 aliphatic heterocycles. The lowest BCUT2D eigenvalue weighted by molar-refractivity contribution is 0.347. The lowest BCUT2D eigenvalue weighted by Crippen LogP contribution is -2.08. The zero-order chi connectivity index (χ0) is 16.1. The van der Waals surface area contributed by atoms with Gasteiger partial charge in [0.25, 0.3) is 0 Å². The molecule has 0 N–H and O–H groups in total. The molecule has 0 aromatic heterocycles. The average Bonchev–Trinajstić information content (AvgIpc) is 2.42. The number of hydrogen-bond donors (Lipinski definition) is 0. The van der Waals surface area contributed by atoms with Gasteiger partial charge in [-0.05, 0) is 19.0 Å². The lowest BCUT2D eigenvalue weighted by atomic mass is 10.3. The summed E-state index contributed by atoms with van der Waals surface area (Å²) in [7, 11) is -1.30. The van der Waals surface area contributed by atoms with Crippen LogP contribution >= 0.6 is 0 Å². The van der Waals surface area contributed by atoms with Gasteiger partial charge < -0.3 is 9.47 Å². The van der Waals surface area contributed by atoms with Crippen LogP contribution in [-0.4, -0.2) is 29.2 Å². The van der Waals surface area contributed by atoms with E-state index in [1.54, 1.807) is 0 Å². The molecule has 6 heteroatoms. The van der Waals surface area contributed by atoms with Crippen LogP contribution in [0.2, 0.25) is 0 Å². The van der Waals surface area contributed by atoms with E-state index in [0.717, 1.165) is 12.2 Å². The van der Waals surface area contributed by atoms with Crippen molar-refractivity contribution in [1.82, 2.24) is 0 Å². The predicted molar refractivity (Wildman–Crippen MR) is 67.5 cm³/mol. The quantitative estimate of drug-likeness (QED) is 0.587. The molecular formula is C12H16O5S. The van der Waals surface area contributed by atoms with Crippen molar-refractivity contribution in [1.29, 1.82) is 0 Å². The first-order valence-electron chi connectivity index (χ1n) is 6.49. The van der Waals surface area contributed by atoms with E-state index in [4.69, 9.17) is 17.8 Å². The Hall–Kier alpha value is -1.53. The largest absolute Gasteiger partial charge is 0.497 e. The smallest absolute Gasteiger partial charge is 0.300 e. The summed E-state index contributed by atoms with van der Waals surface area (Å²) in [6.45, 7) is -2.65. The number of rotatable bonds is 6. The van der Waals surface area contributed by atoms with Crippen molar-refractivity contribution in [3.63, 3.8) is 0 Å². The van der Waals surface area contributed by atoms with E-state index in [1.165, 1.54) is 32.4 Å². The van der Waals surface area contributed by atoms with Gasteiger partial charge in [-0.2, -0.15) is 8.42 Å². The van der Waals surface area contributed by atoms with Gasteiger partial charge in [-0.1, -0.05) is 12.2 Å². The molecule has 0 fully saturated rings. The summed E-state index contributed by atoms with van der Waals surface area (Å²) in [5.74, 6) is 0.516. The summed E-state index contributed by atoms with van der Waals surface area (Å²) in [6, 6.07) is 4.16. The first-order valence-corrected chi connectivity index (χ1v) is 6.39. The highest BCUT2D eigenvalue weighted by Gasteiger charge is 2.20. The van der Waals surface area contributed by atoms with Crippen LogP contribution in [0.1, 0.15) is 11.0 Å². The minimum absolute atomic E-state index is 0.0779. The summed E-state index contributed by atoms with van der Waals surface area (Å²) in [6.07, 6.45) is 2.02. The molecule has 0 aliphatic rings. The van der Waals surface area contributed by atoms with Gasteiger partial charge >= 0.3 is 10.1 Å². The van der Waals surface area contributed by atoms with Gasteiger partial charge in [0.15, 0.2) is 0 Å². The van der Waals surface area contributed by atoms with Crippen molar-refractivity contribution in [3.8, 4) is 11.5 Å². The molecule has 18 heavy (non-hydrogen) atoms. The van der Waals surface area contributed by atoms with Crippen LogP contribution in [0.15, 0.2) is 35.2 Å². The summed E-state index contributed by atoms with van der Waals surface area (Å²) in [4.78, 5) is -0.159. The second-order valence-electron chi connectivity index (χ2n) is 3.16. The van der Waals surface area contributed by atoms with Gasteiger partial charge in [-0.25, -0.2) is 0 Å². The second kappa shape index (κ2) is 6.42. The molecule has 1 rings (SSSR count). The van der Waals surface area contributed by atoms with Gasteiger partial charge in [0, 0.05) is 10.2 Å². The van der Waals surface area contributed by atoms with Crippen LogP contribution in [-0.2, 0) is 14.3 Å². The van der Waals surface area contributed by atoms with Crippen molar-refractivity contribution in [3.05, 3.63) is 30.4 Å². The van der Waals surface area contributed by atoms with Crippen LogP contribution in [0.25, 0.3) is 0 Å². The molecule has 0 heterocycles. The summed E-state index contributed by atoms with van der Waals surface area (Å²) < 4.78 is 59.6. The van der Waals surface area contributed by atoms with Gasteiger partial charge in [-0.15, -0.1) is 0 Å². The van der Waals surface area contributed by atoms with Crippen molar-refractivity contribution < 1.29 is 26.2 Å². The van der Waals surface area contributed by atoms with Gasteiger partial charge in [-0.3, -0.25) is 4.18 Å². The Kier molecular flexibility index (Phi) is 3.71. The maximum atomic E-state index is 12.0. The van der Waals surface area contributed by atoms with Crippen molar-refractivity contribution >= 4 is 10.1 Å². The average molecular weight is 275 g/mol. The molecule has 0 radical (unpaired) electrons. The fourth-order valence-electron chi connectivity index (χ4n) is 1.22. The normalized spacial score (nSPS) is 14.9. The van der Waals surface area contributed by atoms with E-state index in [1.807, 2.05) is 0 Å². The minimum Gasteiger partial charge on any atom is -0.497 e. The van der Waals surface area contributed by atoms with E-state index in [9.17, 15) is 8.42 Å². The highest BCUT2D eigenvalue weighted by atomic mass is 32.2. The van der Waals surface area contributed by atoms with Crippen molar-refractivity contribution in [2.24, 2.45) is 0 Å². The number of benzene rings is 1. The molecule has 0 aliphatic carbocycles. The van der Waals surface area contributed by atoms with Crippen molar-refractivity contribution in [2.75, 3.05) is 20.8 Å². The van der Waals surface area contributed by atoms with Gasteiger partial charge in [0.05, 0.1) is 20.8 Å². The second-order valence-corrected chi connectivity index (χ2v) is 4.74. The van der Waals surface area contributed by atoms with E-state index in [0.29, 0.717) is 5.75 Å². The fourth-order valence-corrected chi connectivity index (χ4v) is 2.23.